The molecule has 1 heterocycles. The van der Waals surface area contributed by atoms with E-state index in [9.17, 15) is 4.79 Å². The average molecular weight is 348 g/mol. The normalized spacial score (nSPS) is 18.0. The number of nitrogens with zero attached hydrogens (tertiary/aromatic N) is 1. The van der Waals surface area contributed by atoms with Gasteiger partial charge in [-0.05, 0) is 24.5 Å². The van der Waals surface area contributed by atoms with Crippen LogP contribution in [0.25, 0.3) is 6.08 Å². The van der Waals surface area contributed by atoms with E-state index in [1.165, 1.54) is 6.08 Å². The van der Waals surface area contributed by atoms with Gasteiger partial charge in [-0.3, -0.25) is 9.69 Å². The number of nitrogens with one attached hydrogen (secondary N) is 1. The Bertz CT molecular complexity index is 493. The molecule has 114 valence electrons. The van der Waals surface area contributed by atoms with Crippen molar-refractivity contribution in [3.05, 3.63) is 42.0 Å². The predicted octanol–water partition coefficient (Wildman–Crippen LogP) is 3.61. The van der Waals surface area contributed by atoms with Crippen molar-refractivity contribution in [3.8, 4) is 0 Å². The van der Waals surface area contributed by atoms with Gasteiger partial charge in [0.05, 0.1) is 0 Å². The minimum atomic E-state index is -1.55. The first kappa shape index (κ1) is 16.6. The summed E-state index contributed by atoms with van der Waals surface area (Å²) in [5.41, 5.74) is 0.944. The third kappa shape index (κ3) is 5.19. The van der Waals surface area contributed by atoms with Gasteiger partial charge in [-0.25, -0.2) is 0 Å². The second kappa shape index (κ2) is 7.50. The fourth-order valence-electron chi connectivity index (χ4n) is 2.30. The van der Waals surface area contributed by atoms with E-state index in [0.717, 1.165) is 31.5 Å². The highest BCUT2D eigenvalue weighted by atomic mass is 35.6. The second-order valence-electron chi connectivity index (χ2n) is 4.94. The molecule has 1 atom stereocenters. The molecule has 1 aliphatic rings. The summed E-state index contributed by atoms with van der Waals surface area (Å²) in [5.74, 6) is -0.276. The first-order valence-electron chi connectivity index (χ1n) is 6.81. The van der Waals surface area contributed by atoms with E-state index in [-0.39, 0.29) is 5.91 Å². The molecule has 1 saturated heterocycles. The lowest BCUT2D eigenvalue weighted by molar-refractivity contribution is -0.118. The Morgan fingerprint density at radius 2 is 1.81 bits per heavy atom. The second-order valence-corrected chi connectivity index (χ2v) is 7.31. The zero-order valence-corrected chi connectivity index (χ0v) is 13.7. The third-order valence-electron chi connectivity index (χ3n) is 3.32. The van der Waals surface area contributed by atoms with Crippen LogP contribution in [0.1, 0.15) is 18.4 Å². The maximum absolute atomic E-state index is 12.0. The molecule has 1 fully saturated rings. The van der Waals surface area contributed by atoms with Crippen LogP contribution in [0.4, 0.5) is 0 Å². The Hall–Kier alpha value is -0.740. The topological polar surface area (TPSA) is 32.3 Å². The molecule has 1 aliphatic heterocycles. The molecular formula is C15H17Cl3N2O. The van der Waals surface area contributed by atoms with E-state index in [2.05, 4.69) is 5.32 Å². The Morgan fingerprint density at radius 3 is 2.38 bits per heavy atom. The van der Waals surface area contributed by atoms with Crippen molar-refractivity contribution in [2.24, 2.45) is 0 Å². The van der Waals surface area contributed by atoms with Crippen LogP contribution in [0.2, 0.25) is 0 Å². The van der Waals surface area contributed by atoms with Gasteiger partial charge < -0.3 is 5.32 Å². The van der Waals surface area contributed by atoms with Gasteiger partial charge in [-0.2, -0.15) is 0 Å². The largest absolute Gasteiger partial charge is 0.333 e. The molecule has 1 aromatic carbocycles. The van der Waals surface area contributed by atoms with Crippen LogP contribution >= 0.6 is 34.8 Å². The monoisotopic (exact) mass is 346 g/mol. The predicted molar refractivity (Wildman–Crippen MR) is 88.5 cm³/mol. The molecule has 0 saturated carbocycles. The van der Waals surface area contributed by atoms with E-state index >= 15 is 0 Å². The van der Waals surface area contributed by atoms with Gasteiger partial charge >= 0.3 is 0 Å². The smallest absolute Gasteiger partial charge is 0.245 e. The number of rotatable bonds is 4. The maximum atomic E-state index is 12.0. The molecule has 3 nitrogen and oxygen atoms in total. The fraction of sp³-hybridized carbons (Fsp3) is 0.400. The molecule has 1 N–H and O–H groups in total. The van der Waals surface area contributed by atoms with Crippen molar-refractivity contribution in [3.63, 3.8) is 0 Å². The first-order valence-corrected chi connectivity index (χ1v) is 7.94. The number of carbonyl (C=O) groups is 1. The number of halogens is 3. The first-order chi connectivity index (χ1) is 9.97. The van der Waals surface area contributed by atoms with Gasteiger partial charge in [0, 0.05) is 19.2 Å². The molecule has 0 aliphatic carbocycles. The molecule has 2 rings (SSSR count). The molecule has 0 radical (unpaired) electrons. The van der Waals surface area contributed by atoms with Crippen LogP contribution in [0.15, 0.2) is 36.4 Å². The Morgan fingerprint density at radius 1 is 1.19 bits per heavy atom. The average Bonchev–Trinajstić information content (AvgIpc) is 2.96. The number of alkyl halides is 3. The number of amides is 1. The summed E-state index contributed by atoms with van der Waals surface area (Å²) in [6, 6.07) is 9.56. The number of benzene rings is 1. The van der Waals surface area contributed by atoms with Crippen LogP contribution in [-0.2, 0) is 4.79 Å². The fourth-order valence-corrected chi connectivity index (χ4v) is 2.88. The summed E-state index contributed by atoms with van der Waals surface area (Å²) in [6.07, 6.45) is 4.67. The molecular weight excluding hydrogens is 331 g/mol. The minimum absolute atomic E-state index is 0.276. The molecule has 6 heteroatoms. The SMILES string of the molecule is O=C(C=Cc1ccccc1)NC(N1CCCC1)C(Cl)(Cl)Cl. The van der Waals surface area contributed by atoms with E-state index in [1.807, 2.05) is 35.2 Å². The summed E-state index contributed by atoms with van der Waals surface area (Å²) in [5, 5.41) is 2.77. The summed E-state index contributed by atoms with van der Waals surface area (Å²) in [6.45, 7) is 1.64. The van der Waals surface area contributed by atoms with Crippen molar-refractivity contribution in [1.29, 1.82) is 0 Å². The molecule has 0 bridgehead atoms. The molecule has 1 unspecified atom stereocenters. The highest BCUT2D eigenvalue weighted by Crippen LogP contribution is 2.33. The van der Waals surface area contributed by atoms with Gasteiger partial charge in [0.25, 0.3) is 0 Å². The molecule has 1 amide bonds. The van der Waals surface area contributed by atoms with Crippen LogP contribution in [0, 0.1) is 0 Å². The van der Waals surface area contributed by atoms with Gasteiger partial charge in [0.1, 0.15) is 6.17 Å². The Kier molecular flexibility index (Phi) is 5.94. The molecule has 0 spiro atoms. The summed E-state index contributed by atoms with van der Waals surface area (Å²) in [7, 11) is 0. The molecule has 21 heavy (non-hydrogen) atoms. The van der Waals surface area contributed by atoms with Gasteiger partial charge in [0.15, 0.2) is 0 Å². The maximum Gasteiger partial charge on any atom is 0.245 e. The van der Waals surface area contributed by atoms with Gasteiger partial charge in [-0.15, -0.1) is 0 Å². The lowest BCUT2D eigenvalue weighted by Crippen LogP contribution is -2.54. The van der Waals surface area contributed by atoms with Crippen LogP contribution in [0.5, 0.6) is 0 Å². The summed E-state index contributed by atoms with van der Waals surface area (Å²) < 4.78 is -1.55. The summed E-state index contributed by atoms with van der Waals surface area (Å²) >= 11 is 18.0. The van der Waals surface area contributed by atoms with Crippen molar-refractivity contribution >= 4 is 46.8 Å². The van der Waals surface area contributed by atoms with E-state index < -0.39 is 9.96 Å². The Labute approximate surface area is 139 Å². The Balaban J connectivity index is 1.99. The molecule has 1 aromatic rings. The lowest BCUT2D eigenvalue weighted by atomic mass is 10.2. The van der Waals surface area contributed by atoms with Crippen LogP contribution in [-0.4, -0.2) is 33.9 Å². The van der Waals surface area contributed by atoms with Gasteiger partial charge in [-0.1, -0.05) is 65.1 Å². The molecule has 0 aromatic heterocycles. The van der Waals surface area contributed by atoms with Crippen molar-refractivity contribution in [2.45, 2.75) is 22.8 Å². The number of likely N-dealkylation sites (tertiary alicyclic amines) is 1. The third-order valence-corrected chi connectivity index (χ3v) is 3.94. The van der Waals surface area contributed by atoms with E-state index in [1.54, 1.807) is 6.08 Å². The quantitative estimate of drug-likeness (QED) is 0.666. The lowest BCUT2D eigenvalue weighted by Gasteiger charge is -2.33. The number of carbonyl (C=O) groups excluding carboxylic acids is 1. The minimum Gasteiger partial charge on any atom is -0.333 e. The zero-order valence-electron chi connectivity index (χ0n) is 11.4. The zero-order chi connectivity index (χ0) is 15.3. The van der Waals surface area contributed by atoms with Crippen molar-refractivity contribution in [2.75, 3.05) is 13.1 Å². The van der Waals surface area contributed by atoms with Crippen LogP contribution in [0.3, 0.4) is 0 Å². The van der Waals surface area contributed by atoms with E-state index in [4.69, 9.17) is 34.8 Å². The van der Waals surface area contributed by atoms with Crippen LogP contribution < -0.4 is 5.32 Å². The highest BCUT2D eigenvalue weighted by molar-refractivity contribution is 6.68. The van der Waals surface area contributed by atoms with Crippen molar-refractivity contribution in [1.82, 2.24) is 10.2 Å². The summed E-state index contributed by atoms with van der Waals surface area (Å²) in [4.78, 5) is 14.0. The van der Waals surface area contributed by atoms with E-state index in [0.29, 0.717) is 0 Å². The number of hydrogen-bond acceptors (Lipinski definition) is 2. The standard InChI is InChI=1S/C15H17Cl3N2O/c16-15(17,18)14(20-10-4-5-11-20)19-13(21)9-8-12-6-2-1-3-7-12/h1-3,6-9,14H,4-5,10-11H2,(H,19,21). The highest BCUT2D eigenvalue weighted by Gasteiger charge is 2.39. The van der Waals surface area contributed by atoms with Crippen molar-refractivity contribution < 1.29 is 4.79 Å². The number of hydrogen-bond donors (Lipinski definition) is 1. The van der Waals surface area contributed by atoms with Gasteiger partial charge in [0.2, 0.25) is 9.70 Å².